The molecule has 0 radical (unpaired) electrons. The van der Waals surface area contributed by atoms with Crippen molar-refractivity contribution in [3.8, 4) is 0 Å². The molecule has 4 heteroatoms. The second-order valence-electron chi connectivity index (χ2n) is 6.10. The Morgan fingerprint density at radius 3 is 2.50 bits per heavy atom. The standard InChI is InChI=1S/C16H25BrFNO/c1-6-10-19-14(15(20-5)16(2,3)4)11-8-7-9-12(17)13(11)18/h7-9,14-15,19H,6,10H2,1-5H3. The van der Waals surface area contributed by atoms with Crippen LogP contribution in [0.4, 0.5) is 4.39 Å². The first-order chi connectivity index (χ1) is 9.32. The molecule has 0 bridgehead atoms. The van der Waals surface area contributed by atoms with Gasteiger partial charge in [0.15, 0.2) is 0 Å². The van der Waals surface area contributed by atoms with Crippen molar-refractivity contribution in [2.45, 2.75) is 46.3 Å². The molecule has 1 rings (SSSR count). The van der Waals surface area contributed by atoms with Crippen molar-refractivity contribution in [3.05, 3.63) is 34.1 Å². The van der Waals surface area contributed by atoms with E-state index in [1.807, 2.05) is 12.1 Å². The molecule has 20 heavy (non-hydrogen) atoms. The minimum absolute atomic E-state index is 0.0884. The molecular weight excluding hydrogens is 321 g/mol. The van der Waals surface area contributed by atoms with Crippen molar-refractivity contribution < 1.29 is 9.13 Å². The van der Waals surface area contributed by atoms with E-state index in [2.05, 4.69) is 48.9 Å². The third-order valence-corrected chi connectivity index (χ3v) is 3.95. The zero-order chi connectivity index (χ0) is 15.3. The van der Waals surface area contributed by atoms with Crippen molar-refractivity contribution >= 4 is 15.9 Å². The van der Waals surface area contributed by atoms with Gasteiger partial charge < -0.3 is 10.1 Å². The van der Waals surface area contributed by atoms with Crippen LogP contribution in [-0.4, -0.2) is 19.8 Å². The van der Waals surface area contributed by atoms with Gasteiger partial charge in [0.25, 0.3) is 0 Å². The van der Waals surface area contributed by atoms with E-state index in [4.69, 9.17) is 4.74 Å². The van der Waals surface area contributed by atoms with Crippen LogP contribution in [0.3, 0.4) is 0 Å². The smallest absolute Gasteiger partial charge is 0.142 e. The van der Waals surface area contributed by atoms with Crippen LogP contribution in [0.2, 0.25) is 0 Å². The van der Waals surface area contributed by atoms with Crippen LogP contribution in [0.15, 0.2) is 22.7 Å². The number of ether oxygens (including phenoxy) is 1. The first-order valence-electron chi connectivity index (χ1n) is 7.03. The van der Waals surface area contributed by atoms with Gasteiger partial charge in [0, 0.05) is 12.7 Å². The first kappa shape index (κ1) is 17.6. The molecule has 1 N–H and O–H groups in total. The number of hydrogen-bond acceptors (Lipinski definition) is 2. The molecule has 2 atom stereocenters. The van der Waals surface area contributed by atoms with Crippen molar-refractivity contribution in [3.63, 3.8) is 0 Å². The highest BCUT2D eigenvalue weighted by Gasteiger charge is 2.34. The van der Waals surface area contributed by atoms with Crippen LogP contribution in [0.1, 0.15) is 45.7 Å². The van der Waals surface area contributed by atoms with Gasteiger partial charge in [-0.15, -0.1) is 0 Å². The Bertz CT molecular complexity index is 431. The minimum Gasteiger partial charge on any atom is -0.379 e. The average Bonchev–Trinajstić information content (AvgIpc) is 2.36. The maximum atomic E-state index is 14.4. The fourth-order valence-corrected chi connectivity index (χ4v) is 2.81. The van der Waals surface area contributed by atoms with Crippen LogP contribution >= 0.6 is 15.9 Å². The quantitative estimate of drug-likeness (QED) is 0.807. The Balaban J connectivity index is 3.20. The summed E-state index contributed by atoms with van der Waals surface area (Å²) in [5.41, 5.74) is 0.559. The number of halogens is 2. The van der Waals surface area contributed by atoms with E-state index in [-0.39, 0.29) is 23.4 Å². The van der Waals surface area contributed by atoms with Crippen molar-refractivity contribution in [1.29, 1.82) is 0 Å². The lowest BCUT2D eigenvalue weighted by Gasteiger charge is -2.37. The van der Waals surface area contributed by atoms with Crippen LogP contribution < -0.4 is 5.32 Å². The molecule has 0 saturated carbocycles. The summed E-state index contributed by atoms with van der Waals surface area (Å²) < 4.78 is 20.6. The number of nitrogens with one attached hydrogen (secondary N) is 1. The van der Waals surface area contributed by atoms with Gasteiger partial charge in [-0.25, -0.2) is 4.39 Å². The molecule has 1 aromatic rings. The summed E-state index contributed by atoms with van der Waals surface area (Å²) in [6.07, 6.45) is 0.880. The van der Waals surface area contributed by atoms with Crippen molar-refractivity contribution in [2.75, 3.05) is 13.7 Å². The predicted molar refractivity (Wildman–Crippen MR) is 85.4 cm³/mol. The second kappa shape index (κ2) is 7.53. The molecule has 114 valence electrons. The van der Waals surface area contributed by atoms with E-state index in [1.165, 1.54) is 0 Å². The van der Waals surface area contributed by atoms with Gasteiger partial charge in [-0.05, 0) is 40.4 Å². The fourth-order valence-electron chi connectivity index (χ4n) is 2.43. The molecule has 0 aliphatic heterocycles. The number of methoxy groups -OCH3 is 1. The van der Waals surface area contributed by atoms with E-state index in [0.29, 0.717) is 10.0 Å². The van der Waals surface area contributed by atoms with Gasteiger partial charge in [-0.3, -0.25) is 0 Å². The van der Waals surface area contributed by atoms with E-state index in [0.717, 1.165) is 13.0 Å². The van der Waals surface area contributed by atoms with E-state index >= 15 is 0 Å². The van der Waals surface area contributed by atoms with Gasteiger partial charge >= 0.3 is 0 Å². The monoisotopic (exact) mass is 345 g/mol. The van der Waals surface area contributed by atoms with Gasteiger partial charge in [0.2, 0.25) is 0 Å². The van der Waals surface area contributed by atoms with Crippen molar-refractivity contribution in [1.82, 2.24) is 5.32 Å². The molecule has 0 aliphatic carbocycles. The van der Waals surface area contributed by atoms with Crippen LogP contribution in [0, 0.1) is 11.2 Å². The number of rotatable bonds is 6. The molecule has 0 saturated heterocycles. The summed E-state index contributed by atoms with van der Waals surface area (Å²) in [5.74, 6) is -0.215. The predicted octanol–water partition coefficient (Wildman–Crippen LogP) is 4.69. The minimum atomic E-state index is -0.215. The Morgan fingerprint density at radius 2 is 2.00 bits per heavy atom. The SMILES string of the molecule is CCCNC(c1cccc(Br)c1F)C(OC)C(C)(C)C. The lowest BCUT2D eigenvalue weighted by atomic mass is 9.81. The number of benzene rings is 1. The Hall–Kier alpha value is -0.450. The van der Waals surface area contributed by atoms with Gasteiger partial charge in [-0.1, -0.05) is 39.8 Å². The summed E-state index contributed by atoms with van der Waals surface area (Å²) in [6.45, 7) is 9.25. The second-order valence-corrected chi connectivity index (χ2v) is 6.95. The summed E-state index contributed by atoms with van der Waals surface area (Å²) in [5, 5.41) is 3.43. The molecule has 0 amide bonds. The van der Waals surface area contributed by atoms with Gasteiger partial charge in [0.05, 0.1) is 16.6 Å². The molecule has 2 nitrogen and oxygen atoms in total. The van der Waals surface area contributed by atoms with Gasteiger partial charge in [0.1, 0.15) is 5.82 Å². The normalized spacial score (nSPS) is 15.2. The largest absolute Gasteiger partial charge is 0.379 e. The molecule has 2 unspecified atom stereocenters. The zero-order valence-corrected chi connectivity index (χ0v) is 14.6. The molecular formula is C16H25BrFNO. The van der Waals surface area contributed by atoms with E-state index < -0.39 is 0 Å². The van der Waals surface area contributed by atoms with Crippen LogP contribution in [0.5, 0.6) is 0 Å². The van der Waals surface area contributed by atoms with E-state index in [9.17, 15) is 4.39 Å². The summed E-state index contributed by atoms with van der Waals surface area (Å²) in [6, 6.07) is 5.23. The lowest BCUT2D eigenvalue weighted by molar-refractivity contribution is -0.0127. The molecule has 0 aliphatic rings. The van der Waals surface area contributed by atoms with Crippen LogP contribution in [-0.2, 0) is 4.74 Å². The number of hydrogen-bond donors (Lipinski definition) is 1. The van der Waals surface area contributed by atoms with E-state index in [1.54, 1.807) is 13.2 Å². The highest BCUT2D eigenvalue weighted by molar-refractivity contribution is 9.10. The molecule has 0 fully saturated rings. The summed E-state index contributed by atoms with van der Waals surface area (Å²) in [4.78, 5) is 0. The maximum absolute atomic E-state index is 14.4. The van der Waals surface area contributed by atoms with Crippen LogP contribution in [0.25, 0.3) is 0 Å². The molecule has 0 spiro atoms. The Labute approximate surface area is 130 Å². The molecule has 0 aromatic heterocycles. The highest BCUT2D eigenvalue weighted by Crippen LogP contribution is 2.35. The Kier molecular flexibility index (Phi) is 6.62. The Morgan fingerprint density at radius 1 is 1.35 bits per heavy atom. The maximum Gasteiger partial charge on any atom is 0.142 e. The average molecular weight is 346 g/mol. The van der Waals surface area contributed by atoms with Crippen molar-refractivity contribution in [2.24, 2.45) is 5.41 Å². The zero-order valence-electron chi connectivity index (χ0n) is 13.0. The first-order valence-corrected chi connectivity index (χ1v) is 7.82. The third kappa shape index (κ3) is 4.27. The lowest BCUT2D eigenvalue weighted by Crippen LogP contribution is -2.42. The van der Waals surface area contributed by atoms with Gasteiger partial charge in [-0.2, -0.15) is 0 Å². The summed E-state index contributed by atoms with van der Waals surface area (Å²) >= 11 is 3.26. The molecule has 0 heterocycles. The third-order valence-electron chi connectivity index (χ3n) is 3.34. The topological polar surface area (TPSA) is 21.3 Å². The highest BCUT2D eigenvalue weighted by atomic mass is 79.9. The molecule has 1 aromatic carbocycles. The summed E-state index contributed by atoms with van der Waals surface area (Å²) in [7, 11) is 1.69. The fraction of sp³-hybridized carbons (Fsp3) is 0.625.